The van der Waals surface area contributed by atoms with Crippen LogP contribution < -0.4 is 10.6 Å². The fourth-order valence-corrected chi connectivity index (χ4v) is 2.32. The summed E-state index contributed by atoms with van der Waals surface area (Å²) in [7, 11) is 0. The summed E-state index contributed by atoms with van der Waals surface area (Å²) in [6.07, 6.45) is 1.39. The summed E-state index contributed by atoms with van der Waals surface area (Å²) in [6, 6.07) is 3.45. The van der Waals surface area contributed by atoms with Gasteiger partial charge in [0.2, 0.25) is 5.91 Å². The standard InChI is InChI=1S/C13H16FN3O3/c1-8-6-9(4-5-15-8)13(18)16-12-3-2-10(17(19)20)7-11(12)14/h2-3,7-9,15H,4-6H2,1H3,(H,16,18). The minimum absolute atomic E-state index is 0.0215. The van der Waals surface area contributed by atoms with E-state index >= 15 is 0 Å². The van der Waals surface area contributed by atoms with Crippen molar-refractivity contribution in [2.45, 2.75) is 25.8 Å². The number of non-ortho nitro benzene ring substituents is 1. The number of carbonyl (C=O) groups is 1. The SMILES string of the molecule is CC1CC(C(=O)Nc2ccc([N+](=O)[O-])cc2F)CCN1. The minimum Gasteiger partial charge on any atom is -0.323 e. The molecule has 1 aliphatic rings. The molecule has 0 spiro atoms. The Morgan fingerprint density at radius 3 is 2.90 bits per heavy atom. The lowest BCUT2D eigenvalue weighted by Gasteiger charge is -2.27. The van der Waals surface area contributed by atoms with E-state index in [0.717, 1.165) is 12.6 Å². The zero-order chi connectivity index (χ0) is 14.7. The van der Waals surface area contributed by atoms with Gasteiger partial charge in [-0.25, -0.2) is 4.39 Å². The van der Waals surface area contributed by atoms with Crippen molar-refractivity contribution in [3.63, 3.8) is 0 Å². The number of hydrogen-bond acceptors (Lipinski definition) is 4. The van der Waals surface area contributed by atoms with Gasteiger partial charge in [0.1, 0.15) is 0 Å². The van der Waals surface area contributed by atoms with Gasteiger partial charge in [-0.05, 0) is 32.4 Å². The van der Waals surface area contributed by atoms with Gasteiger partial charge in [0.05, 0.1) is 16.7 Å². The zero-order valence-electron chi connectivity index (χ0n) is 11.1. The third kappa shape index (κ3) is 3.30. The maximum Gasteiger partial charge on any atom is 0.272 e. The molecule has 108 valence electrons. The predicted octanol–water partition coefficient (Wildman–Crippen LogP) is 2.06. The van der Waals surface area contributed by atoms with E-state index < -0.39 is 10.7 Å². The largest absolute Gasteiger partial charge is 0.323 e. The van der Waals surface area contributed by atoms with Gasteiger partial charge in [0.15, 0.2) is 5.82 Å². The van der Waals surface area contributed by atoms with Crippen molar-refractivity contribution in [2.24, 2.45) is 5.92 Å². The number of carbonyl (C=O) groups excluding carboxylic acids is 1. The molecule has 2 rings (SSSR count). The van der Waals surface area contributed by atoms with Crippen LogP contribution in [0.5, 0.6) is 0 Å². The van der Waals surface area contributed by atoms with Crippen LogP contribution in [0.1, 0.15) is 19.8 Å². The fourth-order valence-electron chi connectivity index (χ4n) is 2.32. The molecule has 2 atom stereocenters. The van der Waals surface area contributed by atoms with Gasteiger partial charge in [-0.3, -0.25) is 14.9 Å². The van der Waals surface area contributed by atoms with Crippen molar-refractivity contribution in [1.29, 1.82) is 0 Å². The van der Waals surface area contributed by atoms with E-state index in [2.05, 4.69) is 10.6 Å². The highest BCUT2D eigenvalue weighted by Gasteiger charge is 2.25. The van der Waals surface area contributed by atoms with Crippen LogP contribution in [-0.4, -0.2) is 23.4 Å². The molecule has 0 aromatic heterocycles. The van der Waals surface area contributed by atoms with Crippen LogP contribution in [0.2, 0.25) is 0 Å². The lowest BCUT2D eigenvalue weighted by molar-refractivity contribution is -0.385. The molecular formula is C13H16FN3O3. The smallest absolute Gasteiger partial charge is 0.272 e. The fraction of sp³-hybridized carbons (Fsp3) is 0.462. The Labute approximate surface area is 115 Å². The predicted molar refractivity (Wildman–Crippen MR) is 71.9 cm³/mol. The van der Waals surface area contributed by atoms with E-state index in [1.54, 1.807) is 0 Å². The third-order valence-corrected chi connectivity index (χ3v) is 3.42. The summed E-state index contributed by atoms with van der Waals surface area (Å²) < 4.78 is 13.7. The van der Waals surface area contributed by atoms with Crippen molar-refractivity contribution in [3.05, 3.63) is 34.1 Å². The first kappa shape index (κ1) is 14.4. The molecule has 1 fully saturated rings. The Bertz CT molecular complexity index is 536. The molecule has 2 unspecified atom stereocenters. The normalized spacial score (nSPS) is 22.3. The summed E-state index contributed by atoms with van der Waals surface area (Å²) in [6.45, 7) is 2.74. The number of nitrogens with one attached hydrogen (secondary N) is 2. The number of nitro groups is 1. The van der Waals surface area contributed by atoms with Crippen LogP contribution in [0.25, 0.3) is 0 Å². The summed E-state index contributed by atoms with van der Waals surface area (Å²) in [5, 5.41) is 16.2. The van der Waals surface area contributed by atoms with E-state index in [0.29, 0.717) is 12.8 Å². The van der Waals surface area contributed by atoms with Crippen molar-refractivity contribution in [2.75, 3.05) is 11.9 Å². The van der Waals surface area contributed by atoms with Crippen LogP contribution in [0.3, 0.4) is 0 Å². The second-order valence-electron chi connectivity index (χ2n) is 4.99. The molecule has 6 nitrogen and oxygen atoms in total. The van der Waals surface area contributed by atoms with Crippen molar-refractivity contribution in [1.82, 2.24) is 5.32 Å². The number of anilines is 1. The minimum atomic E-state index is -0.797. The lowest BCUT2D eigenvalue weighted by Crippen LogP contribution is -2.40. The third-order valence-electron chi connectivity index (χ3n) is 3.42. The quantitative estimate of drug-likeness (QED) is 0.656. The molecule has 1 aliphatic heterocycles. The highest BCUT2D eigenvalue weighted by Crippen LogP contribution is 2.23. The van der Waals surface area contributed by atoms with Gasteiger partial charge in [-0.2, -0.15) is 0 Å². The monoisotopic (exact) mass is 281 g/mol. The van der Waals surface area contributed by atoms with E-state index in [4.69, 9.17) is 0 Å². The summed E-state index contributed by atoms with van der Waals surface area (Å²) >= 11 is 0. The van der Waals surface area contributed by atoms with E-state index in [1.807, 2.05) is 6.92 Å². The highest BCUT2D eigenvalue weighted by molar-refractivity contribution is 5.92. The average Bonchev–Trinajstić information content (AvgIpc) is 2.40. The lowest BCUT2D eigenvalue weighted by atomic mass is 9.92. The number of rotatable bonds is 3. The maximum absolute atomic E-state index is 13.7. The molecule has 0 radical (unpaired) electrons. The number of nitrogens with zero attached hydrogens (tertiary/aromatic N) is 1. The number of hydrogen-bond donors (Lipinski definition) is 2. The summed E-state index contributed by atoms with van der Waals surface area (Å²) in [5.41, 5.74) is -0.359. The number of nitro benzene ring substituents is 1. The first-order valence-corrected chi connectivity index (χ1v) is 6.45. The van der Waals surface area contributed by atoms with Gasteiger partial charge < -0.3 is 10.6 Å². The summed E-state index contributed by atoms with van der Waals surface area (Å²) in [5.74, 6) is -1.21. The van der Waals surface area contributed by atoms with Crippen LogP contribution in [0.15, 0.2) is 18.2 Å². The second-order valence-corrected chi connectivity index (χ2v) is 4.99. The molecule has 1 heterocycles. The summed E-state index contributed by atoms with van der Waals surface area (Å²) in [4.78, 5) is 21.9. The number of halogens is 1. The van der Waals surface area contributed by atoms with Gasteiger partial charge in [-0.1, -0.05) is 0 Å². The van der Waals surface area contributed by atoms with Crippen molar-refractivity contribution < 1.29 is 14.1 Å². The maximum atomic E-state index is 13.7. The van der Waals surface area contributed by atoms with Gasteiger partial charge in [0.25, 0.3) is 5.69 Å². The molecule has 1 saturated heterocycles. The van der Waals surface area contributed by atoms with Gasteiger partial charge in [0, 0.05) is 18.0 Å². The Morgan fingerprint density at radius 1 is 1.55 bits per heavy atom. The van der Waals surface area contributed by atoms with E-state index in [9.17, 15) is 19.3 Å². The molecular weight excluding hydrogens is 265 g/mol. The number of piperidine rings is 1. The van der Waals surface area contributed by atoms with E-state index in [1.165, 1.54) is 12.1 Å². The average molecular weight is 281 g/mol. The number of benzene rings is 1. The van der Waals surface area contributed by atoms with Gasteiger partial charge >= 0.3 is 0 Å². The first-order valence-electron chi connectivity index (χ1n) is 6.45. The van der Waals surface area contributed by atoms with E-state index in [-0.39, 0.29) is 29.2 Å². The molecule has 1 aromatic rings. The molecule has 1 aromatic carbocycles. The zero-order valence-corrected chi connectivity index (χ0v) is 11.1. The molecule has 0 saturated carbocycles. The molecule has 20 heavy (non-hydrogen) atoms. The Morgan fingerprint density at radius 2 is 2.30 bits per heavy atom. The topological polar surface area (TPSA) is 84.3 Å². The molecule has 0 aliphatic carbocycles. The number of amides is 1. The highest BCUT2D eigenvalue weighted by atomic mass is 19.1. The second kappa shape index (κ2) is 5.96. The molecule has 1 amide bonds. The van der Waals surface area contributed by atoms with Crippen LogP contribution >= 0.6 is 0 Å². The first-order chi connectivity index (χ1) is 9.47. The van der Waals surface area contributed by atoms with Gasteiger partial charge in [-0.15, -0.1) is 0 Å². The Balaban J connectivity index is 2.06. The van der Waals surface area contributed by atoms with Crippen LogP contribution in [-0.2, 0) is 4.79 Å². The Hall–Kier alpha value is -2.02. The molecule has 7 heteroatoms. The molecule has 2 N–H and O–H groups in total. The Kier molecular flexibility index (Phi) is 4.29. The van der Waals surface area contributed by atoms with Crippen LogP contribution in [0.4, 0.5) is 15.8 Å². The molecule has 0 bridgehead atoms. The van der Waals surface area contributed by atoms with Crippen LogP contribution in [0, 0.1) is 21.8 Å². The van der Waals surface area contributed by atoms with Crippen molar-refractivity contribution >= 4 is 17.3 Å². The van der Waals surface area contributed by atoms with Crippen molar-refractivity contribution in [3.8, 4) is 0 Å².